The molecule has 0 spiro atoms. The summed E-state index contributed by atoms with van der Waals surface area (Å²) < 4.78 is 149. The van der Waals surface area contributed by atoms with Gasteiger partial charge >= 0.3 is 33.4 Å². The Bertz CT molecular complexity index is 1250. The van der Waals surface area contributed by atoms with Crippen molar-refractivity contribution >= 4 is 37.0 Å². The van der Waals surface area contributed by atoms with E-state index in [4.69, 9.17) is 4.74 Å². The number of methoxy groups -OCH3 is 1. The highest BCUT2D eigenvalue weighted by Gasteiger charge is 2.87. The number of carbonyl (C=O) groups is 1. The highest BCUT2D eigenvalue weighted by Crippen LogP contribution is 2.55. The van der Waals surface area contributed by atoms with Crippen molar-refractivity contribution in [2.24, 2.45) is 0 Å². The van der Waals surface area contributed by atoms with Gasteiger partial charge in [-0.25, -0.2) is 4.55 Å². The van der Waals surface area contributed by atoms with Gasteiger partial charge in [0.15, 0.2) is 5.78 Å². The number of ether oxygens (including phenoxy) is 1. The Hall–Kier alpha value is -2.20. The summed E-state index contributed by atoms with van der Waals surface area (Å²) in [7, 11) is -9.04. The van der Waals surface area contributed by atoms with E-state index in [1.165, 1.54) is 31.4 Å². The van der Waals surface area contributed by atoms with Crippen molar-refractivity contribution in [1.29, 1.82) is 0 Å². The second-order valence-corrected chi connectivity index (χ2v) is 12.7. The molecule has 2 aromatic rings. The maximum Gasteiger partial charge on any atom is 0.495 e. The monoisotopic (exact) mass is 561 g/mol. The second kappa shape index (κ2) is 9.03. The molecule has 0 saturated heterocycles. The average molecular weight is 561 g/mol. The van der Waals surface area contributed by atoms with Gasteiger partial charge in [-0.1, -0.05) is 24.3 Å². The van der Waals surface area contributed by atoms with E-state index in [1.807, 2.05) is 0 Å². The zero-order valence-corrected chi connectivity index (χ0v) is 19.6. The molecule has 16 heteroatoms. The van der Waals surface area contributed by atoms with Gasteiger partial charge in [0, 0.05) is 23.5 Å². The minimum absolute atomic E-state index is 0.0456. The number of Topliss-reactive ketones (excluding diaryl/α,β-unsaturated/α-hetero) is 1. The Labute approximate surface area is 194 Å². The molecule has 35 heavy (non-hydrogen) atoms. The van der Waals surface area contributed by atoms with Crippen LogP contribution < -0.4 is 4.74 Å². The number of rotatable bonds is 8. The summed E-state index contributed by atoms with van der Waals surface area (Å²) in [6, 6.07) is 8.85. The van der Waals surface area contributed by atoms with Gasteiger partial charge < -0.3 is 4.74 Å². The van der Waals surface area contributed by atoms with Gasteiger partial charge in [0.2, 0.25) is 0 Å². The van der Waals surface area contributed by atoms with Crippen LogP contribution in [-0.4, -0.2) is 63.2 Å². The number of fused-ring (bicyclic) bond motifs is 1. The molecule has 0 aromatic heterocycles. The van der Waals surface area contributed by atoms with E-state index >= 15 is 0 Å². The average Bonchev–Trinajstić information content (AvgIpc) is 2.70. The Kier molecular flexibility index (Phi) is 7.49. The Morgan fingerprint density at radius 1 is 0.914 bits per heavy atom. The number of alkyl halides is 9. The Morgan fingerprint density at radius 2 is 1.43 bits per heavy atom. The van der Waals surface area contributed by atoms with E-state index in [1.54, 1.807) is 12.1 Å². The third kappa shape index (κ3) is 5.05. The first-order chi connectivity index (χ1) is 15.6. The van der Waals surface area contributed by atoms with Crippen LogP contribution in [0.4, 0.5) is 39.5 Å². The Balaban J connectivity index is 2.51. The molecule has 0 bridgehead atoms. The molecular weight excluding hydrogens is 543 g/mol. The number of carbonyl (C=O) groups excluding carboxylic acids is 1. The minimum Gasteiger partial charge on any atom is -0.496 e. The fourth-order valence-corrected chi connectivity index (χ4v) is 6.70. The summed E-state index contributed by atoms with van der Waals surface area (Å²) >= 11 is 0. The number of hydrogen-bond donors (Lipinski definition) is 1. The molecule has 0 radical (unpaired) electrons. The second-order valence-electron chi connectivity index (χ2n) is 7.57. The SMILES string of the molecule is COc1ccc(C(=O)CS(C)(C)[O+]=S(=O)(O)C(F)(F)C(F)(F)C(F)(F)C(F)(F)F)c2ccccc12. The highest BCUT2D eigenvalue weighted by atomic mass is 32.3. The van der Waals surface area contributed by atoms with E-state index in [9.17, 15) is 53.1 Å². The van der Waals surface area contributed by atoms with Crippen LogP contribution in [0.2, 0.25) is 0 Å². The van der Waals surface area contributed by atoms with E-state index in [0.29, 0.717) is 16.5 Å². The van der Waals surface area contributed by atoms with Crippen LogP contribution >= 0.6 is 10.3 Å². The molecule has 198 valence electrons. The zero-order valence-electron chi connectivity index (χ0n) is 18.0. The van der Waals surface area contributed by atoms with Crippen LogP contribution in [-0.2, 0) is 13.4 Å². The maximum absolute atomic E-state index is 14.0. The van der Waals surface area contributed by atoms with Crippen molar-refractivity contribution in [3.8, 4) is 5.75 Å². The lowest BCUT2D eigenvalue weighted by atomic mass is 10.0. The lowest BCUT2D eigenvalue weighted by Gasteiger charge is -2.30. The summed E-state index contributed by atoms with van der Waals surface area (Å²) in [5, 5.41) is -6.14. The van der Waals surface area contributed by atoms with Gasteiger partial charge in [0.1, 0.15) is 21.8 Å². The van der Waals surface area contributed by atoms with Crippen LogP contribution in [0.3, 0.4) is 0 Å². The van der Waals surface area contributed by atoms with Crippen molar-refractivity contribution in [2.75, 3.05) is 25.4 Å². The van der Waals surface area contributed by atoms with E-state index < -0.39 is 55.2 Å². The minimum atomic E-state index is -7.38. The molecular formula is C19H18F9O5S2+. The first kappa shape index (κ1) is 29.0. The van der Waals surface area contributed by atoms with Crippen LogP contribution in [0.1, 0.15) is 10.4 Å². The van der Waals surface area contributed by atoms with Gasteiger partial charge in [-0.15, -0.1) is 7.49 Å². The topological polar surface area (TPSA) is 74.9 Å². The first-order valence-corrected chi connectivity index (χ1v) is 13.1. The van der Waals surface area contributed by atoms with Crippen molar-refractivity contribution in [3.05, 3.63) is 42.0 Å². The smallest absolute Gasteiger partial charge is 0.495 e. The summed E-state index contributed by atoms with van der Waals surface area (Å²) in [6.07, 6.45) is -5.59. The number of hydrogen-bond acceptors (Lipinski definition) is 3. The number of benzene rings is 2. The van der Waals surface area contributed by atoms with Gasteiger partial charge in [0.25, 0.3) is 0 Å². The normalized spacial score (nSPS) is 16.0. The van der Waals surface area contributed by atoms with E-state index in [0.717, 1.165) is 12.5 Å². The van der Waals surface area contributed by atoms with Crippen molar-refractivity contribution < 1.29 is 61.1 Å². The van der Waals surface area contributed by atoms with Gasteiger partial charge in [-0.2, -0.15) is 39.5 Å². The first-order valence-electron chi connectivity index (χ1n) is 9.10. The molecule has 0 heterocycles. The standard InChI is InChI=1S/C19H17F9O5S2/c1-32-15-9-8-12(11-6-4-5-7-13(11)15)14(29)10-34(2,3)33-35(30,31)19(27,28)17(22,23)16(20,21)18(24,25)26/h4-9H,10H2,1-3H3/p+1. The van der Waals surface area contributed by atoms with Crippen LogP contribution in [0.5, 0.6) is 5.75 Å². The molecule has 1 unspecified atom stereocenters. The van der Waals surface area contributed by atoms with E-state index in [2.05, 4.69) is 3.29 Å². The molecule has 0 aliphatic carbocycles. The molecule has 1 atom stereocenters. The third-order valence-corrected chi connectivity index (χ3v) is 8.67. The highest BCUT2D eigenvalue weighted by molar-refractivity contribution is 8.30. The third-order valence-electron chi connectivity index (χ3n) is 4.60. The molecule has 0 saturated carbocycles. The summed E-state index contributed by atoms with van der Waals surface area (Å²) in [5.41, 5.74) is -0.0456. The number of halogens is 9. The zero-order chi connectivity index (χ0) is 27.3. The lowest BCUT2D eigenvalue weighted by molar-refractivity contribution is -0.382. The van der Waals surface area contributed by atoms with E-state index in [-0.39, 0.29) is 5.56 Å². The molecule has 0 fully saturated rings. The predicted octanol–water partition coefficient (Wildman–Crippen LogP) is 6.07. The van der Waals surface area contributed by atoms with Crippen LogP contribution in [0.25, 0.3) is 10.8 Å². The summed E-state index contributed by atoms with van der Waals surface area (Å²) in [5.74, 6) is -16.2. The molecule has 2 aromatic carbocycles. The molecule has 0 amide bonds. The van der Waals surface area contributed by atoms with Crippen molar-refractivity contribution in [2.45, 2.75) is 23.3 Å². The largest absolute Gasteiger partial charge is 0.496 e. The summed E-state index contributed by atoms with van der Waals surface area (Å²) in [4.78, 5) is 12.8. The molecule has 5 nitrogen and oxygen atoms in total. The Morgan fingerprint density at radius 3 is 1.91 bits per heavy atom. The van der Waals surface area contributed by atoms with Crippen molar-refractivity contribution in [3.63, 3.8) is 0 Å². The predicted molar refractivity (Wildman–Crippen MR) is 111 cm³/mol. The quantitative estimate of drug-likeness (QED) is 0.184. The maximum atomic E-state index is 14.0. The summed E-state index contributed by atoms with van der Waals surface area (Å²) in [6.45, 7) is 0. The molecule has 0 aliphatic heterocycles. The van der Waals surface area contributed by atoms with Crippen LogP contribution in [0.15, 0.2) is 36.4 Å². The lowest BCUT2D eigenvalue weighted by Crippen LogP contribution is -2.63. The number of ketones is 1. The van der Waals surface area contributed by atoms with Gasteiger partial charge in [-0.05, 0) is 17.5 Å². The van der Waals surface area contributed by atoms with Gasteiger partial charge in [-0.3, -0.25) is 4.79 Å². The molecule has 2 rings (SSSR count). The molecule has 1 N–H and O–H groups in total. The fraction of sp³-hybridized carbons (Fsp3) is 0.421. The van der Waals surface area contributed by atoms with Gasteiger partial charge in [0.05, 0.1) is 7.11 Å². The van der Waals surface area contributed by atoms with Crippen molar-refractivity contribution in [1.82, 2.24) is 0 Å². The fourth-order valence-electron chi connectivity index (χ4n) is 2.93. The van der Waals surface area contributed by atoms with Crippen LogP contribution in [0, 0.1) is 0 Å². The molecule has 0 aliphatic rings.